The predicted molar refractivity (Wildman–Crippen MR) is 170 cm³/mol. The fourth-order valence-corrected chi connectivity index (χ4v) is 4.89. The van der Waals surface area contributed by atoms with Crippen molar-refractivity contribution >= 4 is 11.9 Å². The molecule has 0 aliphatic rings. The molecule has 44 heavy (non-hydrogen) atoms. The topological polar surface area (TPSA) is 61.8 Å². The standard InChI is InChI=1S/C37H46F2O5/c1-5-6-7-8-9-10-24-42-33-23-22-32(35(38)36(33)39)28-14-18-31(19-15-28)44-37(41)29-16-20-30(21-17-29)43-34(40)25-27(4)13-11-12-26(2)3/h14-23,26-27H,5-13,24-25H2,1-4H3/t27-/m0/s1. The smallest absolute Gasteiger partial charge is 0.343 e. The van der Waals surface area contributed by atoms with E-state index in [2.05, 4.69) is 20.8 Å². The van der Waals surface area contributed by atoms with E-state index in [0.717, 1.165) is 38.5 Å². The summed E-state index contributed by atoms with van der Waals surface area (Å²) >= 11 is 0. The molecule has 0 aromatic heterocycles. The molecule has 0 heterocycles. The predicted octanol–water partition coefficient (Wildman–Crippen LogP) is 10.3. The third kappa shape index (κ3) is 11.4. The normalized spacial score (nSPS) is 11.8. The zero-order valence-corrected chi connectivity index (χ0v) is 26.5. The van der Waals surface area contributed by atoms with Crippen molar-refractivity contribution in [1.82, 2.24) is 0 Å². The molecule has 3 aromatic rings. The Balaban J connectivity index is 1.49. The molecular weight excluding hydrogens is 562 g/mol. The number of ether oxygens (including phenoxy) is 3. The average molecular weight is 609 g/mol. The summed E-state index contributed by atoms with van der Waals surface area (Å²) in [5.41, 5.74) is 0.798. The molecule has 0 radical (unpaired) electrons. The summed E-state index contributed by atoms with van der Waals surface area (Å²) in [6, 6.07) is 15.2. The molecule has 238 valence electrons. The summed E-state index contributed by atoms with van der Waals surface area (Å²) in [5, 5.41) is 0. The number of unbranched alkanes of at least 4 members (excludes halogenated alkanes) is 5. The van der Waals surface area contributed by atoms with Crippen molar-refractivity contribution in [2.45, 2.75) is 91.9 Å². The third-order valence-corrected chi connectivity index (χ3v) is 7.49. The highest BCUT2D eigenvalue weighted by Crippen LogP contribution is 2.31. The highest BCUT2D eigenvalue weighted by atomic mass is 19.2. The van der Waals surface area contributed by atoms with Crippen LogP contribution in [-0.4, -0.2) is 18.5 Å². The van der Waals surface area contributed by atoms with Crippen molar-refractivity contribution in [2.24, 2.45) is 11.8 Å². The maximum Gasteiger partial charge on any atom is 0.343 e. The molecule has 0 saturated heterocycles. The maximum atomic E-state index is 14.9. The lowest BCUT2D eigenvalue weighted by Crippen LogP contribution is -2.13. The number of carbonyl (C=O) groups excluding carboxylic acids is 2. The summed E-state index contributed by atoms with van der Waals surface area (Å²) in [6.07, 6.45) is 10.0. The van der Waals surface area contributed by atoms with Gasteiger partial charge in [0, 0.05) is 12.0 Å². The van der Waals surface area contributed by atoms with Gasteiger partial charge >= 0.3 is 11.9 Å². The van der Waals surface area contributed by atoms with Crippen molar-refractivity contribution in [3.63, 3.8) is 0 Å². The molecule has 0 N–H and O–H groups in total. The molecule has 0 aliphatic heterocycles. The molecule has 0 spiro atoms. The van der Waals surface area contributed by atoms with Crippen molar-refractivity contribution in [3.8, 4) is 28.4 Å². The second kappa shape index (κ2) is 18.2. The quantitative estimate of drug-likeness (QED) is 0.0817. The molecule has 0 aliphatic carbocycles. The van der Waals surface area contributed by atoms with Crippen molar-refractivity contribution < 1.29 is 32.6 Å². The summed E-state index contributed by atoms with van der Waals surface area (Å²) in [4.78, 5) is 24.9. The van der Waals surface area contributed by atoms with Crippen LogP contribution in [0, 0.1) is 23.5 Å². The minimum atomic E-state index is -1.02. The Kier molecular flexibility index (Phi) is 14.3. The van der Waals surface area contributed by atoms with Crippen LogP contribution in [0.15, 0.2) is 60.7 Å². The molecule has 0 saturated carbocycles. The van der Waals surface area contributed by atoms with Gasteiger partial charge < -0.3 is 14.2 Å². The van der Waals surface area contributed by atoms with E-state index in [1.807, 2.05) is 6.92 Å². The van der Waals surface area contributed by atoms with E-state index in [1.54, 1.807) is 24.3 Å². The lowest BCUT2D eigenvalue weighted by Gasteiger charge is -2.12. The average Bonchev–Trinajstić information content (AvgIpc) is 2.99. The van der Waals surface area contributed by atoms with Crippen LogP contribution in [0.25, 0.3) is 11.1 Å². The maximum absolute atomic E-state index is 14.9. The van der Waals surface area contributed by atoms with Gasteiger partial charge in [-0.3, -0.25) is 4.79 Å². The number of hydrogen-bond donors (Lipinski definition) is 0. The molecule has 0 amide bonds. The lowest BCUT2D eigenvalue weighted by molar-refractivity contribution is -0.135. The first kappa shape index (κ1) is 34.7. The van der Waals surface area contributed by atoms with Gasteiger partial charge in [0.25, 0.3) is 0 Å². The molecule has 0 bridgehead atoms. The third-order valence-electron chi connectivity index (χ3n) is 7.49. The second-order valence-electron chi connectivity index (χ2n) is 11.9. The first-order chi connectivity index (χ1) is 21.2. The van der Waals surface area contributed by atoms with Crippen LogP contribution in [0.3, 0.4) is 0 Å². The van der Waals surface area contributed by atoms with Gasteiger partial charge in [-0.2, -0.15) is 4.39 Å². The van der Waals surface area contributed by atoms with Gasteiger partial charge in [0.2, 0.25) is 5.82 Å². The first-order valence-corrected chi connectivity index (χ1v) is 15.9. The summed E-state index contributed by atoms with van der Waals surface area (Å²) < 4.78 is 45.9. The van der Waals surface area contributed by atoms with Crippen molar-refractivity contribution in [1.29, 1.82) is 0 Å². The Morgan fingerprint density at radius 1 is 0.705 bits per heavy atom. The van der Waals surface area contributed by atoms with E-state index < -0.39 is 17.6 Å². The zero-order valence-electron chi connectivity index (χ0n) is 26.5. The molecule has 7 heteroatoms. The van der Waals surface area contributed by atoms with E-state index in [-0.39, 0.29) is 34.5 Å². The van der Waals surface area contributed by atoms with Crippen LogP contribution >= 0.6 is 0 Å². The van der Waals surface area contributed by atoms with Crippen LogP contribution < -0.4 is 14.2 Å². The van der Waals surface area contributed by atoms with E-state index >= 15 is 0 Å². The number of halogens is 2. The van der Waals surface area contributed by atoms with Gasteiger partial charge in [-0.25, -0.2) is 9.18 Å². The number of esters is 2. The molecule has 1 atom stereocenters. The van der Waals surface area contributed by atoms with Gasteiger partial charge in [-0.05, 0) is 72.4 Å². The Morgan fingerprint density at radius 2 is 1.34 bits per heavy atom. The Labute approximate surface area is 260 Å². The van der Waals surface area contributed by atoms with Crippen LogP contribution in [0.5, 0.6) is 17.2 Å². The SMILES string of the molecule is CCCCCCCCOc1ccc(-c2ccc(OC(=O)c3ccc(OC(=O)C[C@@H](C)CCCC(C)C)cc3)cc2)c(F)c1F. The Hall–Kier alpha value is -3.74. The molecule has 5 nitrogen and oxygen atoms in total. The number of hydrogen-bond acceptors (Lipinski definition) is 5. The van der Waals surface area contributed by atoms with E-state index in [4.69, 9.17) is 14.2 Å². The Bertz CT molecular complexity index is 1320. The van der Waals surface area contributed by atoms with E-state index in [9.17, 15) is 18.4 Å². The fourth-order valence-electron chi connectivity index (χ4n) is 4.89. The fraction of sp³-hybridized carbons (Fsp3) is 0.459. The highest BCUT2D eigenvalue weighted by Gasteiger charge is 2.17. The van der Waals surface area contributed by atoms with Gasteiger partial charge in [-0.1, -0.05) is 91.2 Å². The summed E-state index contributed by atoms with van der Waals surface area (Å²) in [7, 11) is 0. The number of rotatable bonds is 18. The molecule has 0 fully saturated rings. The van der Waals surface area contributed by atoms with Gasteiger partial charge in [0.1, 0.15) is 11.5 Å². The summed E-state index contributed by atoms with van der Waals surface area (Å²) in [5.74, 6) is -1.51. The van der Waals surface area contributed by atoms with Gasteiger partial charge in [-0.15, -0.1) is 0 Å². The van der Waals surface area contributed by atoms with Crippen molar-refractivity contribution in [3.05, 3.63) is 77.9 Å². The molecule has 3 aromatic carbocycles. The van der Waals surface area contributed by atoms with Gasteiger partial charge in [0.15, 0.2) is 11.6 Å². The summed E-state index contributed by atoms with van der Waals surface area (Å²) in [6.45, 7) is 8.93. The van der Waals surface area contributed by atoms with Crippen LogP contribution in [0.4, 0.5) is 8.78 Å². The number of carbonyl (C=O) groups is 2. The van der Waals surface area contributed by atoms with E-state index in [1.165, 1.54) is 55.7 Å². The minimum Gasteiger partial charge on any atom is -0.490 e. The zero-order chi connectivity index (χ0) is 31.9. The largest absolute Gasteiger partial charge is 0.490 e. The molecular formula is C37H46F2O5. The molecule has 3 rings (SSSR count). The monoisotopic (exact) mass is 608 g/mol. The Morgan fingerprint density at radius 3 is 2.02 bits per heavy atom. The lowest BCUT2D eigenvalue weighted by atomic mass is 9.97. The molecule has 0 unspecified atom stereocenters. The van der Waals surface area contributed by atoms with Crippen LogP contribution in [0.2, 0.25) is 0 Å². The first-order valence-electron chi connectivity index (χ1n) is 15.9. The van der Waals surface area contributed by atoms with E-state index in [0.29, 0.717) is 30.3 Å². The number of benzene rings is 3. The van der Waals surface area contributed by atoms with Gasteiger partial charge in [0.05, 0.1) is 12.2 Å². The highest BCUT2D eigenvalue weighted by molar-refractivity contribution is 5.91. The second-order valence-corrected chi connectivity index (χ2v) is 11.9. The minimum absolute atomic E-state index is 0.0855. The van der Waals surface area contributed by atoms with Crippen molar-refractivity contribution in [2.75, 3.05) is 6.61 Å². The van der Waals surface area contributed by atoms with Crippen LogP contribution in [0.1, 0.15) is 102 Å². The van der Waals surface area contributed by atoms with Crippen LogP contribution in [-0.2, 0) is 4.79 Å².